The smallest absolute Gasteiger partial charge is 0.275 e. The molecular formula is C24H20N4O3. The molecule has 0 saturated heterocycles. The van der Waals surface area contributed by atoms with Crippen LogP contribution in [0, 0.1) is 5.92 Å². The first kappa shape index (κ1) is 19.0. The Balaban J connectivity index is 1.50. The quantitative estimate of drug-likeness (QED) is 0.529. The molecule has 5 rings (SSSR count). The lowest BCUT2D eigenvalue weighted by Crippen LogP contribution is -2.20. The zero-order chi connectivity index (χ0) is 21.5. The second-order valence-corrected chi connectivity index (χ2v) is 7.83. The molecule has 0 unspecified atom stereocenters. The molecule has 2 amide bonds. The second kappa shape index (κ2) is 7.36. The highest BCUT2D eigenvalue weighted by atomic mass is 16.2. The Morgan fingerprint density at radius 1 is 1.06 bits per heavy atom. The van der Waals surface area contributed by atoms with Gasteiger partial charge in [0.2, 0.25) is 5.91 Å². The molecule has 1 aliphatic carbocycles. The van der Waals surface area contributed by atoms with Crippen molar-refractivity contribution in [2.75, 3.05) is 10.6 Å². The summed E-state index contributed by atoms with van der Waals surface area (Å²) in [5.41, 5.74) is 7.12. The van der Waals surface area contributed by atoms with Crippen LogP contribution in [0.4, 0.5) is 11.4 Å². The molecule has 1 saturated carbocycles. The fraction of sp³-hybridized carbons (Fsp3) is 0.167. The van der Waals surface area contributed by atoms with Gasteiger partial charge < -0.3 is 10.6 Å². The number of ketones is 1. The number of hydrazone groups is 1. The largest absolute Gasteiger partial charge is 0.354 e. The van der Waals surface area contributed by atoms with Gasteiger partial charge in [0.05, 0.1) is 17.0 Å². The first-order valence-electron chi connectivity index (χ1n) is 10.1. The highest BCUT2D eigenvalue weighted by Crippen LogP contribution is 2.35. The summed E-state index contributed by atoms with van der Waals surface area (Å²) in [7, 11) is 0. The summed E-state index contributed by atoms with van der Waals surface area (Å²) < 4.78 is 0. The summed E-state index contributed by atoms with van der Waals surface area (Å²) in [6.45, 7) is 1.74. The van der Waals surface area contributed by atoms with Crippen molar-refractivity contribution in [1.82, 2.24) is 5.43 Å². The number of anilines is 2. The number of hydrogen-bond acceptors (Lipinski definition) is 5. The van der Waals surface area contributed by atoms with E-state index in [0.717, 1.165) is 24.1 Å². The summed E-state index contributed by atoms with van der Waals surface area (Å²) >= 11 is 0. The van der Waals surface area contributed by atoms with Crippen LogP contribution in [0.5, 0.6) is 0 Å². The van der Waals surface area contributed by atoms with Crippen molar-refractivity contribution >= 4 is 40.3 Å². The molecule has 3 aliphatic rings. The van der Waals surface area contributed by atoms with E-state index in [0.29, 0.717) is 33.8 Å². The molecule has 31 heavy (non-hydrogen) atoms. The number of Topliss-reactive ketones (excluding diaryl/α,β-unsaturated/α-hetero) is 1. The van der Waals surface area contributed by atoms with Crippen LogP contribution in [0.15, 0.2) is 71.0 Å². The Morgan fingerprint density at radius 2 is 1.81 bits per heavy atom. The molecule has 3 N–H and O–H groups in total. The van der Waals surface area contributed by atoms with Crippen LogP contribution in [0.1, 0.15) is 35.7 Å². The van der Waals surface area contributed by atoms with E-state index in [4.69, 9.17) is 0 Å². The number of hydrogen-bond donors (Lipinski definition) is 3. The first-order valence-corrected chi connectivity index (χ1v) is 10.1. The minimum Gasteiger partial charge on any atom is -0.354 e. The molecule has 0 radical (unpaired) electrons. The maximum atomic E-state index is 13.4. The van der Waals surface area contributed by atoms with Gasteiger partial charge in [-0.15, -0.1) is 0 Å². The average Bonchev–Trinajstić information content (AvgIpc) is 3.58. The van der Waals surface area contributed by atoms with Gasteiger partial charge in [-0.1, -0.05) is 18.2 Å². The van der Waals surface area contributed by atoms with Gasteiger partial charge in [0.1, 0.15) is 0 Å². The van der Waals surface area contributed by atoms with E-state index in [2.05, 4.69) is 21.2 Å². The van der Waals surface area contributed by atoms with Gasteiger partial charge in [-0.05, 0) is 56.2 Å². The monoisotopic (exact) mass is 412 g/mol. The van der Waals surface area contributed by atoms with Crippen molar-refractivity contribution in [1.29, 1.82) is 0 Å². The van der Waals surface area contributed by atoms with Gasteiger partial charge in [0.15, 0.2) is 5.78 Å². The number of para-hydroxylation sites is 1. The Labute approximate surface area is 178 Å². The van der Waals surface area contributed by atoms with Crippen LogP contribution in [0.2, 0.25) is 0 Å². The minimum absolute atomic E-state index is 0.0252. The van der Waals surface area contributed by atoms with E-state index in [9.17, 15) is 14.4 Å². The molecule has 0 atom stereocenters. The Hall–Kier alpha value is -4.00. The molecule has 7 nitrogen and oxygen atoms in total. The van der Waals surface area contributed by atoms with E-state index in [1.165, 1.54) is 0 Å². The van der Waals surface area contributed by atoms with Crippen molar-refractivity contribution in [2.45, 2.75) is 19.8 Å². The molecule has 0 aromatic heterocycles. The molecule has 154 valence electrons. The number of rotatable bonds is 4. The number of benzene rings is 2. The predicted octanol–water partition coefficient (Wildman–Crippen LogP) is 3.49. The minimum atomic E-state index is -0.307. The molecule has 1 fully saturated rings. The molecular weight excluding hydrogens is 392 g/mol. The highest BCUT2D eigenvalue weighted by molar-refractivity contribution is 6.32. The SMILES string of the molecule is CC1=NNC(=O)/C1=C1/C=C(C(=O)c2ccc(NC(=O)C3CC3)cc2)c2ccccc2N1. The van der Waals surface area contributed by atoms with Gasteiger partial charge >= 0.3 is 0 Å². The molecule has 2 aliphatic heterocycles. The predicted molar refractivity (Wildman–Crippen MR) is 118 cm³/mol. The topological polar surface area (TPSA) is 99.7 Å². The highest BCUT2D eigenvalue weighted by Gasteiger charge is 2.30. The summed E-state index contributed by atoms with van der Waals surface area (Å²) in [5, 5.41) is 10.1. The van der Waals surface area contributed by atoms with Crippen LogP contribution in [0.25, 0.3) is 5.57 Å². The van der Waals surface area contributed by atoms with Crippen molar-refractivity contribution in [3.63, 3.8) is 0 Å². The third-order valence-corrected chi connectivity index (χ3v) is 5.57. The van der Waals surface area contributed by atoms with E-state index in [-0.39, 0.29) is 23.5 Å². The number of amides is 2. The van der Waals surface area contributed by atoms with Gasteiger partial charge in [0.25, 0.3) is 5.91 Å². The summed E-state index contributed by atoms with van der Waals surface area (Å²) in [5.74, 6) is -0.334. The molecule has 0 spiro atoms. The lowest BCUT2D eigenvalue weighted by molar-refractivity contribution is -0.117. The second-order valence-electron chi connectivity index (χ2n) is 7.83. The van der Waals surface area contributed by atoms with Gasteiger partial charge in [0, 0.05) is 34.0 Å². The van der Waals surface area contributed by atoms with Crippen LogP contribution >= 0.6 is 0 Å². The van der Waals surface area contributed by atoms with Crippen molar-refractivity contribution < 1.29 is 14.4 Å². The van der Waals surface area contributed by atoms with E-state index in [1.54, 1.807) is 37.3 Å². The first-order chi connectivity index (χ1) is 15.0. The van der Waals surface area contributed by atoms with Gasteiger partial charge in [-0.3, -0.25) is 14.4 Å². The molecule has 0 bridgehead atoms. The van der Waals surface area contributed by atoms with Crippen molar-refractivity contribution in [3.05, 3.63) is 77.0 Å². The lowest BCUT2D eigenvalue weighted by Gasteiger charge is -2.22. The van der Waals surface area contributed by atoms with Crippen molar-refractivity contribution in [2.24, 2.45) is 11.0 Å². The van der Waals surface area contributed by atoms with Crippen LogP contribution in [-0.2, 0) is 9.59 Å². The number of carbonyl (C=O) groups is 3. The number of nitrogens with one attached hydrogen (secondary N) is 3. The number of fused-ring (bicyclic) bond motifs is 1. The Bertz CT molecular complexity index is 1220. The lowest BCUT2D eigenvalue weighted by atomic mass is 9.90. The Kier molecular flexibility index (Phi) is 4.51. The molecule has 2 aromatic carbocycles. The fourth-order valence-electron chi connectivity index (χ4n) is 3.73. The summed E-state index contributed by atoms with van der Waals surface area (Å²) in [6, 6.07) is 14.4. The van der Waals surface area contributed by atoms with Crippen molar-refractivity contribution in [3.8, 4) is 0 Å². The molecule has 2 aromatic rings. The fourth-order valence-corrected chi connectivity index (χ4v) is 3.73. The maximum absolute atomic E-state index is 13.4. The third kappa shape index (κ3) is 3.54. The number of carbonyl (C=O) groups excluding carboxylic acids is 3. The van der Waals surface area contributed by atoms with Gasteiger partial charge in [-0.2, -0.15) is 5.10 Å². The van der Waals surface area contributed by atoms with Crippen LogP contribution in [0.3, 0.4) is 0 Å². The zero-order valence-corrected chi connectivity index (χ0v) is 16.9. The number of nitrogens with zero attached hydrogens (tertiary/aromatic N) is 1. The third-order valence-electron chi connectivity index (χ3n) is 5.57. The van der Waals surface area contributed by atoms with Crippen LogP contribution < -0.4 is 16.1 Å². The number of allylic oxidation sites excluding steroid dienone is 2. The van der Waals surface area contributed by atoms with E-state index < -0.39 is 0 Å². The van der Waals surface area contributed by atoms with E-state index in [1.807, 2.05) is 24.3 Å². The van der Waals surface area contributed by atoms with Gasteiger partial charge in [-0.25, -0.2) is 5.43 Å². The standard InChI is InChI=1S/C24H20N4O3/c1-13-21(24(31)28-27-13)20-12-18(17-4-2-3-5-19(17)26-20)22(29)14-8-10-16(11-9-14)25-23(30)15-6-7-15/h2-5,8-12,15,26H,6-7H2,1H3,(H,25,30)(H,28,31)/b21-20-. The normalized spacial score (nSPS) is 19.6. The summed E-state index contributed by atoms with van der Waals surface area (Å²) in [6.07, 6.45) is 3.57. The van der Waals surface area contributed by atoms with Crippen LogP contribution in [-0.4, -0.2) is 23.3 Å². The maximum Gasteiger partial charge on any atom is 0.275 e. The summed E-state index contributed by atoms with van der Waals surface area (Å²) in [4.78, 5) is 37.6. The zero-order valence-electron chi connectivity index (χ0n) is 16.9. The molecule has 7 heteroatoms. The molecule has 2 heterocycles. The Morgan fingerprint density at radius 3 is 2.48 bits per heavy atom. The average molecular weight is 412 g/mol. The van der Waals surface area contributed by atoms with E-state index >= 15 is 0 Å².